The largest absolute Gasteiger partial charge is 0.479 e. The average Bonchev–Trinajstić information content (AvgIpc) is 1.82. The molecule has 0 heterocycles. The van der Waals surface area contributed by atoms with E-state index in [4.69, 9.17) is 21.8 Å². The Morgan fingerprint density at radius 1 is 1.78 bits per heavy atom. The summed E-state index contributed by atoms with van der Waals surface area (Å²) in [5.41, 5.74) is 1.17. The molecule has 2 N–H and O–H groups in total. The number of aliphatic hydroxyl groups is 1. The van der Waals surface area contributed by atoms with Crippen LogP contribution in [0.5, 0.6) is 0 Å². The van der Waals surface area contributed by atoms with Gasteiger partial charge in [-0.3, -0.25) is 0 Å². The second-order valence-corrected chi connectivity index (χ2v) is 1.70. The first-order valence-corrected chi connectivity index (χ1v) is 2.78. The first-order valence-electron chi connectivity index (χ1n) is 2.34. The number of carbonyl (C=O) groups is 1. The second-order valence-electron chi connectivity index (χ2n) is 1.45. The molecule has 3 nitrogen and oxygen atoms in total. The third-order valence-electron chi connectivity index (χ3n) is 0.733. The summed E-state index contributed by atoms with van der Waals surface area (Å²) in [6, 6.07) is 0. The number of halogens is 1. The minimum absolute atomic E-state index is 0.0544. The lowest BCUT2D eigenvalue weighted by molar-refractivity contribution is -0.146. The standard InChI is InChI=1S/C5H7ClO3/c6-3-1-2-4(7)5(8)9/h1,3-4,7H,2H2,(H,8,9)/b3-1+/t4-/m0/s1. The number of aliphatic hydroxyl groups excluding tert-OH is 1. The number of aliphatic carboxylic acids is 1. The van der Waals surface area contributed by atoms with Gasteiger partial charge in [0.25, 0.3) is 0 Å². The van der Waals surface area contributed by atoms with Gasteiger partial charge in [0, 0.05) is 12.0 Å². The average molecular weight is 151 g/mol. The number of hydrogen-bond donors (Lipinski definition) is 2. The molecule has 0 fully saturated rings. The zero-order valence-electron chi connectivity index (χ0n) is 4.62. The molecule has 52 valence electrons. The molecular formula is C5H7ClO3. The molecule has 0 saturated carbocycles. The summed E-state index contributed by atoms with van der Waals surface area (Å²) in [5.74, 6) is -1.23. The molecule has 9 heavy (non-hydrogen) atoms. The molecule has 4 heteroatoms. The van der Waals surface area contributed by atoms with Crippen LogP contribution in [0.4, 0.5) is 0 Å². The van der Waals surface area contributed by atoms with Gasteiger partial charge in [-0.2, -0.15) is 0 Å². The van der Waals surface area contributed by atoms with Crippen LogP contribution >= 0.6 is 11.6 Å². The lowest BCUT2D eigenvalue weighted by Gasteiger charge is -1.97. The van der Waals surface area contributed by atoms with E-state index in [0.29, 0.717) is 0 Å². The number of carboxylic acids is 1. The van der Waals surface area contributed by atoms with E-state index in [0.717, 1.165) is 0 Å². The summed E-state index contributed by atoms with van der Waals surface area (Å²) in [4.78, 5) is 9.88. The van der Waals surface area contributed by atoms with Gasteiger partial charge in [-0.15, -0.1) is 0 Å². The van der Waals surface area contributed by atoms with Crippen LogP contribution in [-0.2, 0) is 4.79 Å². The Morgan fingerprint density at radius 2 is 2.33 bits per heavy atom. The highest BCUT2D eigenvalue weighted by Crippen LogP contribution is 1.93. The fraction of sp³-hybridized carbons (Fsp3) is 0.400. The van der Waals surface area contributed by atoms with Crippen LogP contribution in [0, 0.1) is 0 Å². The maximum atomic E-state index is 9.88. The molecule has 0 rings (SSSR count). The maximum Gasteiger partial charge on any atom is 0.332 e. The van der Waals surface area contributed by atoms with Crippen molar-refractivity contribution >= 4 is 17.6 Å². The van der Waals surface area contributed by atoms with E-state index >= 15 is 0 Å². The smallest absolute Gasteiger partial charge is 0.332 e. The topological polar surface area (TPSA) is 57.5 Å². The molecule has 0 aromatic rings. The van der Waals surface area contributed by atoms with Crippen molar-refractivity contribution in [1.29, 1.82) is 0 Å². The predicted molar refractivity (Wildman–Crippen MR) is 33.3 cm³/mol. The third-order valence-corrected chi connectivity index (χ3v) is 0.912. The normalized spacial score (nSPS) is 14.0. The molecule has 0 saturated heterocycles. The molecule has 0 amide bonds. The van der Waals surface area contributed by atoms with Gasteiger partial charge in [-0.1, -0.05) is 17.7 Å². The summed E-state index contributed by atoms with van der Waals surface area (Å²) in [6.07, 6.45) is 0.0964. The summed E-state index contributed by atoms with van der Waals surface area (Å²) in [7, 11) is 0. The van der Waals surface area contributed by atoms with Crippen molar-refractivity contribution in [1.82, 2.24) is 0 Å². The molecule has 0 aromatic heterocycles. The Kier molecular flexibility index (Phi) is 4.09. The van der Waals surface area contributed by atoms with Gasteiger partial charge in [0.2, 0.25) is 0 Å². The van der Waals surface area contributed by atoms with E-state index in [1.54, 1.807) is 0 Å². The molecule has 0 aromatic carbocycles. The molecule has 0 aliphatic rings. The zero-order chi connectivity index (χ0) is 7.28. The Hall–Kier alpha value is -0.540. The van der Waals surface area contributed by atoms with Gasteiger partial charge in [0.1, 0.15) is 0 Å². The Balaban J connectivity index is 3.50. The first kappa shape index (κ1) is 8.46. The predicted octanol–water partition coefficient (Wildman–Crippen LogP) is 0.575. The zero-order valence-corrected chi connectivity index (χ0v) is 5.38. The molecule has 0 aliphatic carbocycles. The minimum Gasteiger partial charge on any atom is -0.479 e. The second kappa shape index (κ2) is 4.35. The van der Waals surface area contributed by atoms with Crippen molar-refractivity contribution < 1.29 is 15.0 Å². The van der Waals surface area contributed by atoms with Crippen LogP contribution in [-0.4, -0.2) is 22.3 Å². The number of hydrogen-bond acceptors (Lipinski definition) is 2. The van der Waals surface area contributed by atoms with E-state index < -0.39 is 12.1 Å². The molecule has 0 spiro atoms. The van der Waals surface area contributed by atoms with Gasteiger partial charge >= 0.3 is 5.97 Å². The molecule has 1 atom stereocenters. The maximum absolute atomic E-state index is 9.88. The van der Waals surface area contributed by atoms with Gasteiger partial charge in [-0.25, -0.2) is 4.79 Å². The monoisotopic (exact) mass is 150 g/mol. The van der Waals surface area contributed by atoms with Crippen molar-refractivity contribution in [2.75, 3.05) is 0 Å². The molecular weight excluding hydrogens is 144 g/mol. The van der Waals surface area contributed by atoms with Gasteiger partial charge in [0.05, 0.1) is 0 Å². The molecule has 0 bridgehead atoms. The third kappa shape index (κ3) is 4.00. The van der Waals surface area contributed by atoms with Crippen LogP contribution in [0.2, 0.25) is 0 Å². The minimum atomic E-state index is -1.33. The van der Waals surface area contributed by atoms with E-state index in [-0.39, 0.29) is 6.42 Å². The quantitative estimate of drug-likeness (QED) is 0.619. The number of rotatable bonds is 3. The highest BCUT2D eigenvalue weighted by atomic mass is 35.5. The van der Waals surface area contributed by atoms with Crippen LogP contribution in [0.1, 0.15) is 6.42 Å². The van der Waals surface area contributed by atoms with E-state index in [9.17, 15) is 4.79 Å². The van der Waals surface area contributed by atoms with Gasteiger partial charge < -0.3 is 10.2 Å². The van der Waals surface area contributed by atoms with Crippen molar-refractivity contribution in [2.24, 2.45) is 0 Å². The SMILES string of the molecule is O=C(O)[C@@H](O)C/C=C/Cl. The van der Waals surface area contributed by atoms with Crippen molar-refractivity contribution in [2.45, 2.75) is 12.5 Å². The van der Waals surface area contributed by atoms with Crippen LogP contribution < -0.4 is 0 Å². The highest BCUT2D eigenvalue weighted by molar-refractivity contribution is 6.25. The lowest BCUT2D eigenvalue weighted by atomic mass is 10.2. The lowest BCUT2D eigenvalue weighted by Crippen LogP contribution is -2.17. The van der Waals surface area contributed by atoms with Crippen LogP contribution in [0.15, 0.2) is 11.6 Å². The Morgan fingerprint density at radius 3 is 2.67 bits per heavy atom. The Bertz CT molecular complexity index is 121. The van der Waals surface area contributed by atoms with Crippen molar-refractivity contribution in [3.8, 4) is 0 Å². The first-order chi connectivity index (χ1) is 4.18. The Labute approximate surface area is 57.6 Å². The van der Waals surface area contributed by atoms with E-state index in [1.807, 2.05) is 0 Å². The van der Waals surface area contributed by atoms with Crippen LogP contribution in [0.3, 0.4) is 0 Å². The molecule has 0 aliphatic heterocycles. The van der Waals surface area contributed by atoms with Gasteiger partial charge in [0.15, 0.2) is 6.10 Å². The van der Waals surface area contributed by atoms with E-state index in [2.05, 4.69) is 0 Å². The summed E-state index contributed by atoms with van der Waals surface area (Å²) in [5, 5.41) is 16.6. The fourth-order valence-electron chi connectivity index (χ4n) is 0.281. The highest BCUT2D eigenvalue weighted by Gasteiger charge is 2.09. The van der Waals surface area contributed by atoms with Gasteiger partial charge in [-0.05, 0) is 0 Å². The van der Waals surface area contributed by atoms with Crippen LogP contribution in [0.25, 0.3) is 0 Å². The fourth-order valence-corrected chi connectivity index (χ4v) is 0.384. The van der Waals surface area contributed by atoms with Crippen molar-refractivity contribution in [3.63, 3.8) is 0 Å². The molecule has 0 unspecified atom stereocenters. The summed E-state index contributed by atoms with van der Waals surface area (Å²) < 4.78 is 0. The summed E-state index contributed by atoms with van der Waals surface area (Å²) >= 11 is 5.07. The van der Waals surface area contributed by atoms with E-state index in [1.165, 1.54) is 11.6 Å². The summed E-state index contributed by atoms with van der Waals surface area (Å²) in [6.45, 7) is 0. The van der Waals surface area contributed by atoms with Crippen molar-refractivity contribution in [3.05, 3.63) is 11.6 Å². The number of carboxylic acid groups (broad SMARTS) is 1. The molecule has 0 radical (unpaired) electrons.